The van der Waals surface area contributed by atoms with Gasteiger partial charge in [-0.05, 0) is 31.5 Å². The Morgan fingerprint density at radius 3 is 2.78 bits per heavy atom. The topological polar surface area (TPSA) is 61.7 Å². The molecule has 0 aromatic heterocycles. The van der Waals surface area contributed by atoms with Crippen molar-refractivity contribution in [1.82, 2.24) is 5.32 Å². The second kappa shape index (κ2) is 7.95. The van der Waals surface area contributed by atoms with E-state index in [1.54, 1.807) is 6.07 Å². The normalized spacial score (nSPS) is 12.6. The summed E-state index contributed by atoms with van der Waals surface area (Å²) in [4.78, 5) is 0. The number of phenolic OH excluding ortho intramolecular Hbond substituents is 2. The van der Waals surface area contributed by atoms with Crippen LogP contribution in [0, 0.1) is 0 Å². The highest BCUT2D eigenvalue weighted by molar-refractivity contribution is 5.40. The van der Waals surface area contributed by atoms with Gasteiger partial charge in [-0.25, -0.2) is 0 Å². The van der Waals surface area contributed by atoms with E-state index in [0.717, 1.165) is 26.0 Å². The second-order valence-corrected chi connectivity index (χ2v) is 4.38. The van der Waals surface area contributed by atoms with Crippen molar-refractivity contribution < 1.29 is 14.9 Å². The molecule has 0 radical (unpaired) electrons. The molecule has 18 heavy (non-hydrogen) atoms. The number of phenols is 2. The first-order valence-electron chi connectivity index (χ1n) is 6.48. The van der Waals surface area contributed by atoms with Crippen molar-refractivity contribution in [2.24, 2.45) is 0 Å². The monoisotopic (exact) mass is 253 g/mol. The molecule has 0 aliphatic heterocycles. The molecule has 0 bridgehead atoms. The van der Waals surface area contributed by atoms with E-state index in [4.69, 9.17) is 4.74 Å². The summed E-state index contributed by atoms with van der Waals surface area (Å²) in [5, 5.41) is 22.3. The van der Waals surface area contributed by atoms with Crippen molar-refractivity contribution in [2.45, 2.75) is 32.7 Å². The number of nitrogens with one attached hydrogen (secondary N) is 1. The molecule has 3 N–H and O–H groups in total. The minimum absolute atomic E-state index is 0.0214. The Morgan fingerprint density at radius 2 is 2.06 bits per heavy atom. The van der Waals surface area contributed by atoms with E-state index in [1.165, 1.54) is 12.1 Å². The zero-order chi connectivity index (χ0) is 13.4. The molecule has 4 nitrogen and oxygen atoms in total. The fraction of sp³-hybridized carbons (Fsp3) is 0.571. The van der Waals surface area contributed by atoms with Crippen molar-refractivity contribution >= 4 is 0 Å². The molecule has 0 saturated heterocycles. The van der Waals surface area contributed by atoms with Gasteiger partial charge in [-0.15, -0.1) is 0 Å². The smallest absolute Gasteiger partial charge is 0.120 e. The van der Waals surface area contributed by atoms with Gasteiger partial charge in [-0.1, -0.05) is 13.3 Å². The van der Waals surface area contributed by atoms with Crippen LogP contribution in [0.2, 0.25) is 0 Å². The number of unbranched alkanes of at least 4 members (excludes halogenated alkanes) is 1. The predicted octanol–water partition coefficient (Wildman–Crippen LogP) is 2.57. The van der Waals surface area contributed by atoms with Crippen molar-refractivity contribution in [2.75, 3.05) is 19.8 Å². The molecule has 102 valence electrons. The van der Waals surface area contributed by atoms with Crippen LogP contribution in [0.15, 0.2) is 18.2 Å². The lowest BCUT2D eigenvalue weighted by molar-refractivity contribution is 0.131. The number of rotatable bonds is 8. The third-order valence-electron chi connectivity index (χ3n) is 2.82. The molecule has 4 heteroatoms. The molecule has 0 aliphatic rings. The lowest BCUT2D eigenvalue weighted by Crippen LogP contribution is -2.23. The quantitative estimate of drug-likeness (QED) is 0.492. The van der Waals surface area contributed by atoms with E-state index in [1.807, 2.05) is 6.92 Å². The van der Waals surface area contributed by atoms with Gasteiger partial charge in [0.1, 0.15) is 11.5 Å². The average Bonchev–Trinajstić information content (AvgIpc) is 2.36. The van der Waals surface area contributed by atoms with Gasteiger partial charge in [0, 0.05) is 24.8 Å². The Morgan fingerprint density at radius 1 is 1.28 bits per heavy atom. The molecule has 0 aliphatic carbocycles. The van der Waals surface area contributed by atoms with Gasteiger partial charge in [-0.2, -0.15) is 0 Å². The third kappa shape index (κ3) is 4.94. The maximum absolute atomic E-state index is 9.70. The maximum atomic E-state index is 9.70. The summed E-state index contributed by atoms with van der Waals surface area (Å²) >= 11 is 0. The molecular weight excluding hydrogens is 230 g/mol. The van der Waals surface area contributed by atoms with Crippen LogP contribution < -0.4 is 5.32 Å². The number of benzene rings is 1. The number of hydrogen-bond donors (Lipinski definition) is 3. The highest BCUT2D eigenvalue weighted by Gasteiger charge is 2.10. The minimum Gasteiger partial charge on any atom is -0.508 e. The van der Waals surface area contributed by atoms with Crippen LogP contribution in [-0.4, -0.2) is 30.0 Å². The summed E-state index contributed by atoms with van der Waals surface area (Å²) < 4.78 is 5.44. The van der Waals surface area contributed by atoms with E-state index < -0.39 is 0 Å². The SMILES string of the molecule is CCCCOCCNC(C)c1cc(O)ccc1O. The second-order valence-electron chi connectivity index (χ2n) is 4.38. The lowest BCUT2D eigenvalue weighted by atomic mass is 10.1. The van der Waals surface area contributed by atoms with Crippen LogP contribution >= 0.6 is 0 Å². The summed E-state index contributed by atoms with van der Waals surface area (Å²) in [5.74, 6) is 0.357. The number of aromatic hydroxyl groups is 2. The van der Waals surface area contributed by atoms with Gasteiger partial charge in [0.05, 0.1) is 6.61 Å². The Hall–Kier alpha value is -1.26. The van der Waals surface area contributed by atoms with E-state index in [2.05, 4.69) is 12.2 Å². The Balaban J connectivity index is 2.31. The van der Waals surface area contributed by atoms with Crippen LogP contribution in [0.1, 0.15) is 38.3 Å². The van der Waals surface area contributed by atoms with Crippen molar-refractivity contribution in [3.05, 3.63) is 23.8 Å². The fourth-order valence-electron chi connectivity index (χ4n) is 1.69. The van der Waals surface area contributed by atoms with E-state index in [-0.39, 0.29) is 17.5 Å². The summed E-state index contributed by atoms with van der Waals surface area (Å²) in [5.41, 5.74) is 0.698. The molecule has 1 atom stereocenters. The first-order chi connectivity index (χ1) is 8.65. The van der Waals surface area contributed by atoms with Gasteiger partial charge < -0.3 is 20.3 Å². The molecule has 0 fully saturated rings. The van der Waals surface area contributed by atoms with Gasteiger partial charge in [0.15, 0.2) is 0 Å². The van der Waals surface area contributed by atoms with Crippen molar-refractivity contribution in [1.29, 1.82) is 0 Å². The van der Waals surface area contributed by atoms with Crippen LogP contribution in [0.5, 0.6) is 11.5 Å². The van der Waals surface area contributed by atoms with Crippen LogP contribution in [-0.2, 0) is 4.74 Å². The fourth-order valence-corrected chi connectivity index (χ4v) is 1.69. The molecule has 0 amide bonds. The Labute approximate surface area is 109 Å². The molecule has 0 spiro atoms. The van der Waals surface area contributed by atoms with Gasteiger partial charge in [-0.3, -0.25) is 0 Å². The lowest BCUT2D eigenvalue weighted by Gasteiger charge is -2.16. The molecule has 1 aromatic rings. The van der Waals surface area contributed by atoms with Crippen LogP contribution in [0.25, 0.3) is 0 Å². The standard InChI is InChI=1S/C14H23NO3/c1-3-4-8-18-9-7-15-11(2)13-10-12(16)5-6-14(13)17/h5-6,10-11,15-17H,3-4,7-9H2,1-2H3. The van der Waals surface area contributed by atoms with Crippen molar-refractivity contribution in [3.8, 4) is 11.5 Å². The average molecular weight is 253 g/mol. The van der Waals surface area contributed by atoms with Crippen LogP contribution in [0.4, 0.5) is 0 Å². The Kier molecular flexibility index (Phi) is 6.54. The van der Waals surface area contributed by atoms with Gasteiger partial charge in [0.25, 0.3) is 0 Å². The molecule has 1 aromatic carbocycles. The molecule has 1 unspecified atom stereocenters. The van der Waals surface area contributed by atoms with Crippen molar-refractivity contribution in [3.63, 3.8) is 0 Å². The first kappa shape index (κ1) is 14.8. The summed E-state index contributed by atoms with van der Waals surface area (Å²) in [6.45, 7) is 6.25. The predicted molar refractivity (Wildman–Crippen MR) is 71.9 cm³/mol. The summed E-state index contributed by atoms with van der Waals surface area (Å²) in [7, 11) is 0. The van der Waals surface area contributed by atoms with Gasteiger partial charge >= 0.3 is 0 Å². The van der Waals surface area contributed by atoms with Crippen LogP contribution in [0.3, 0.4) is 0 Å². The van der Waals surface area contributed by atoms with Gasteiger partial charge in [0.2, 0.25) is 0 Å². The maximum Gasteiger partial charge on any atom is 0.120 e. The summed E-state index contributed by atoms with van der Waals surface area (Å²) in [6, 6.07) is 4.53. The Bertz CT molecular complexity index is 355. The zero-order valence-electron chi connectivity index (χ0n) is 11.1. The highest BCUT2D eigenvalue weighted by Crippen LogP contribution is 2.27. The molecular formula is C14H23NO3. The zero-order valence-corrected chi connectivity index (χ0v) is 11.1. The molecule has 0 heterocycles. The van der Waals surface area contributed by atoms with E-state index >= 15 is 0 Å². The minimum atomic E-state index is -0.0214. The highest BCUT2D eigenvalue weighted by atomic mass is 16.5. The molecule has 0 saturated carbocycles. The number of ether oxygens (including phenoxy) is 1. The van der Waals surface area contributed by atoms with E-state index in [0.29, 0.717) is 12.2 Å². The largest absolute Gasteiger partial charge is 0.508 e. The van der Waals surface area contributed by atoms with E-state index in [9.17, 15) is 10.2 Å². The summed E-state index contributed by atoms with van der Waals surface area (Å²) in [6.07, 6.45) is 2.23. The first-order valence-corrected chi connectivity index (χ1v) is 6.48. The number of hydrogen-bond acceptors (Lipinski definition) is 4. The molecule has 1 rings (SSSR count). The third-order valence-corrected chi connectivity index (χ3v) is 2.82.